The maximum atomic E-state index is 6.23. The number of aromatic nitrogens is 1. The summed E-state index contributed by atoms with van der Waals surface area (Å²) in [5.41, 5.74) is -0.0254. The minimum atomic E-state index is -0.0254. The molecule has 5 heteroatoms. The van der Waals surface area contributed by atoms with Crippen LogP contribution in [0.2, 0.25) is 0 Å². The summed E-state index contributed by atoms with van der Waals surface area (Å²) in [6, 6.07) is 8.21. The molecule has 0 amide bonds. The first-order chi connectivity index (χ1) is 11.3. The van der Waals surface area contributed by atoms with Crippen molar-refractivity contribution in [1.29, 1.82) is 0 Å². The highest BCUT2D eigenvalue weighted by atomic mass is 32.1. The number of rotatable bonds is 4. The predicted octanol–water partition coefficient (Wildman–Crippen LogP) is 3.35. The van der Waals surface area contributed by atoms with E-state index in [0.717, 1.165) is 38.2 Å². The molecule has 2 aromatic rings. The van der Waals surface area contributed by atoms with Gasteiger partial charge >= 0.3 is 0 Å². The first-order valence-electron chi connectivity index (χ1n) is 8.27. The Morgan fingerprint density at radius 1 is 1.39 bits per heavy atom. The smallest absolute Gasteiger partial charge is 0.138 e. The third-order valence-corrected chi connectivity index (χ3v) is 5.55. The van der Waals surface area contributed by atoms with E-state index in [4.69, 9.17) is 9.47 Å². The van der Waals surface area contributed by atoms with E-state index in [-0.39, 0.29) is 11.7 Å². The summed E-state index contributed by atoms with van der Waals surface area (Å²) in [6.07, 6.45) is 6.99. The maximum Gasteiger partial charge on any atom is 0.138 e. The average Bonchev–Trinajstić information content (AvgIpc) is 3.19. The lowest BCUT2D eigenvalue weighted by molar-refractivity contribution is -0.0536. The Morgan fingerprint density at radius 3 is 3.22 bits per heavy atom. The number of likely N-dealkylation sites (tertiary alicyclic amines) is 1. The van der Waals surface area contributed by atoms with Crippen molar-refractivity contribution in [2.24, 2.45) is 0 Å². The second-order valence-electron chi connectivity index (χ2n) is 6.52. The van der Waals surface area contributed by atoms with Crippen LogP contribution in [0.15, 0.2) is 42.0 Å². The van der Waals surface area contributed by atoms with Gasteiger partial charge in [-0.1, -0.05) is 6.07 Å². The number of nitrogens with zero attached hydrogens (tertiary/aromatic N) is 2. The van der Waals surface area contributed by atoms with Gasteiger partial charge < -0.3 is 9.47 Å². The van der Waals surface area contributed by atoms with E-state index in [1.807, 2.05) is 23.5 Å². The Bertz CT molecular complexity index is 619. The summed E-state index contributed by atoms with van der Waals surface area (Å²) in [5.74, 6) is 0.837. The Balaban J connectivity index is 1.37. The zero-order valence-electron chi connectivity index (χ0n) is 13.2. The Hall–Kier alpha value is -1.43. The fraction of sp³-hybridized carbons (Fsp3) is 0.500. The molecule has 0 N–H and O–H groups in total. The van der Waals surface area contributed by atoms with Gasteiger partial charge in [-0.15, -0.1) is 11.3 Å². The molecule has 1 spiro atoms. The highest BCUT2D eigenvalue weighted by molar-refractivity contribution is 7.09. The molecule has 23 heavy (non-hydrogen) atoms. The number of ether oxygens (including phenoxy) is 2. The summed E-state index contributed by atoms with van der Waals surface area (Å²) >= 11 is 1.84. The van der Waals surface area contributed by atoms with Crippen LogP contribution in [0.3, 0.4) is 0 Å². The number of piperidine rings is 1. The van der Waals surface area contributed by atoms with Gasteiger partial charge in [0, 0.05) is 30.6 Å². The van der Waals surface area contributed by atoms with Crippen LogP contribution >= 0.6 is 11.3 Å². The summed E-state index contributed by atoms with van der Waals surface area (Å²) in [6.45, 7) is 3.90. The van der Waals surface area contributed by atoms with E-state index in [1.165, 1.54) is 11.3 Å². The number of hydrogen-bond donors (Lipinski definition) is 0. The Labute approximate surface area is 141 Å². The molecular formula is C18H22N2O2S. The lowest BCUT2D eigenvalue weighted by Gasteiger charge is -2.39. The lowest BCUT2D eigenvalue weighted by atomic mass is 9.89. The van der Waals surface area contributed by atoms with Crippen LogP contribution in [-0.4, -0.2) is 41.3 Å². The fourth-order valence-corrected chi connectivity index (χ4v) is 4.47. The molecule has 0 saturated carbocycles. The summed E-state index contributed by atoms with van der Waals surface area (Å²) in [5, 5.41) is 2.15. The van der Waals surface area contributed by atoms with Crippen molar-refractivity contribution in [3.63, 3.8) is 0 Å². The second kappa shape index (κ2) is 6.59. The summed E-state index contributed by atoms with van der Waals surface area (Å²) < 4.78 is 12.3. The molecule has 2 aromatic heterocycles. The van der Waals surface area contributed by atoms with Crippen LogP contribution in [0.5, 0.6) is 5.75 Å². The van der Waals surface area contributed by atoms with E-state index in [9.17, 15) is 0 Å². The quantitative estimate of drug-likeness (QED) is 0.861. The number of hydrogen-bond acceptors (Lipinski definition) is 5. The zero-order valence-corrected chi connectivity index (χ0v) is 14.0. The van der Waals surface area contributed by atoms with E-state index in [1.54, 1.807) is 12.4 Å². The predicted molar refractivity (Wildman–Crippen MR) is 90.8 cm³/mol. The SMILES string of the molecule is c1cncc(O[C@@H]2CO[C@]3(CCCN(Cc4cccs4)C3)C2)c1. The van der Waals surface area contributed by atoms with E-state index < -0.39 is 0 Å². The van der Waals surface area contributed by atoms with Crippen LogP contribution < -0.4 is 4.74 Å². The largest absolute Gasteiger partial charge is 0.486 e. The van der Waals surface area contributed by atoms with Crippen LogP contribution in [0.1, 0.15) is 24.1 Å². The van der Waals surface area contributed by atoms with Gasteiger partial charge in [-0.3, -0.25) is 9.88 Å². The highest BCUT2D eigenvalue weighted by Gasteiger charge is 2.44. The third-order valence-electron chi connectivity index (χ3n) is 4.69. The highest BCUT2D eigenvalue weighted by Crippen LogP contribution is 2.36. The van der Waals surface area contributed by atoms with Crippen molar-refractivity contribution in [3.05, 3.63) is 46.9 Å². The van der Waals surface area contributed by atoms with Gasteiger partial charge in [0.25, 0.3) is 0 Å². The summed E-state index contributed by atoms with van der Waals surface area (Å²) in [7, 11) is 0. The van der Waals surface area contributed by atoms with Crippen molar-refractivity contribution < 1.29 is 9.47 Å². The Kier molecular flexibility index (Phi) is 4.33. The molecule has 0 unspecified atom stereocenters. The molecule has 122 valence electrons. The number of pyridine rings is 1. The van der Waals surface area contributed by atoms with E-state index in [0.29, 0.717) is 6.61 Å². The van der Waals surface area contributed by atoms with Crippen molar-refractivity contribution in [1.82, 2.24) is 9.88 Å². The van der Waals surface area contributed by atoms with Crippen molar-refractivity contribution in [2.75, 3.05) is 19.7 Å². The minimum absolute atomic E-state index is 0.0254. The van der Waals surface area contributed by atoms with Gasteiger partial charge in [-0.25, -0.2) is 0 Å². The molecule has 4 heterocycles. The maximum absolute atomic E-state index is 6.23. The molecule has 4 nitrogen and oxygen atoms in total. The summed E-state index contributed by atoms with van der Waals surface area (Å²) in [4.78, 5) is 8.07. The molecule has 2 aliphatic rings. The van der Waals surface area contributed by atoms with Crippen LogP contribution in [0.4, 0.5) is 0 Å². The minimum Gasteiger partial charge on any atom is -0.486 e. The van der Waals surface area contributed by atoms with Gasteiger partial charge in [0.2, 0.25) is 0 Å². The zero-order chi connectivity index (χ0) is 15.5. The van der Waals surface area contributed by atoms with E-state index >= 15 is 0 Å². The topological polar surface area (TPSA) is 34.6 Å². The normalized spacial score (nSPS) is 28.3. The molecule has 2 fully saturated rings. The van der Waals surface area contributed by atoms with Crippen LogP contribution in [0, 0.1) is 0 Å². The van der Waals surface area contributed by atoms with Gasteiger partial charge in [0.05, 0.1) is 18.4 Å². The van der Waals surface area contributed by atoms with E-state index in [2.05, 4.69) is 27.4 Å². The lowest BCUT2D eigenvalue weighted by Crippen LogP contribution is -2.47. The van der Waals surface area contributed by atoms with Gasteiger partial charge in [0.15, 0.2) is 0 Å². The van der Waals surface area contributed by atoms with Crippen molar-refractivity contribution >= 4 is 11.3 Å². The molecule has 0 radical (unpaired) electrons. The monoisotopic (exact) mass is 330 g/mol. The molecule has 2 atom stereocenters. The molecule has 0 aliphatic carbocycles. The van der Waals surface area contributed by atoms with Gasteiger partial charge in [-0.05, 0) is 43.0 Å². The van der Waals surface area contributed by atoms with Crippen molar-refractivity contribution in [2.45, 2.75) is 37.5 Å². The first-order valence-corrected chi connectivity index (χ1v) is 9.15. The third kappa shape index (κ3) is 3.57. The molecule has 0 bridgehead atoms. The van der Waals surface area contributed by atoms with Crippen LogP contribution in [-0.2, 0) is 11.3 Å². The van der Waals surface area contributed by atoms with Gasteiger partial charge in [-0.2, -0.15) is 0 Å². The van der Waals surface area contributed by atoms with Gasteiger partial charge in [0.1, 0.15) is 11.9 Å². The Morgan fingerprint density at radius 2 is 2.39 bits per heavy atom. The molecule has 0 aromatic carbocycles. The average molecular weight is 330 g/mol. The first kappa shape index (κ1) is 15.1. The fourth-order valence-electron chi connectivity index (χ4n) is 3.72. The van der Waals surface area contributed by atoms with Crippen molar-refractivity contribution in [3.8, 4) is 5.75 Å². The number of thiophene rings is 1. The molecular weight excluding hydrogens is 308 g/mol. The second-order valence-corrected chi connectivity index (χ2v) is 7.55. The molecule has 2 saturated heterocycles. The van der Waals surface area contributed by atoms with Crippen LogP contribution in [0.25, 0.3) is 0 Å². The molecule has 2 aliphatic heterocycles. The molecule has 4 rings (SSSR count). The standard InChI is InChI=1S/C18H22N2O2S/c1-4-15(11-19-7-1)22-16-10-18(21-13-16)6-3-8-20(14-18)12-17-5-2-9-23-17/h1-2,4-5,7,9,11,16H,3,6,8,10,12-14H2/t16-,18+/m0/s1.